The molecule has 46 heavy (non-hydrogen) atoms. The molecule has 6 rings (SSSR count). The van der Waals surface area contributed by atoms with E-state index < -0.39 is 0 Å². The normalized spacial score (nSPS) is 11.6. The summed E-state index contributed by atoms with van der Waals surface area (Å²) in [6, 6.07) is 20.4. The highest BCUT2D eigenvalue weighted by molar-refractivity contribution is 6.08. The highest BCUT2D eigenvalue weighted by Gasteiger charge is 2.23. The summed E-state index contributed by atoms with van der Waals surface area (Å²) in [5, 5.41) is 3.60. The lowest BCUT2D eigenvalue weighted by Crippen LogP contribution is -2.21. The number of aryl methyl sites for hydroxylation is 4. The Bertz CT molecular complexity index is 2090. The first-order valence-corrected chi connectivity index (χ1v) is 16.3. The SMILES string of the molecule is CCN(CC)c1ccc2c(C)c(-c3c(C)ccc4c(-c5c(C)c6ccc(N(CC)CC)cc6oc5=O)c(C)ccc34)c(=O)oc2c1. The van der Waals surface area contributed by atoms with Crippen molar-refractivity contribution in [2.75, 3.05) is 36.0 Å². The largest absolute Gasteiger partial charge is 0.422 e. The van der Waals surface area contributed by atoms with E-state index in [-0.39, 0.29) is 11.3 Å². The number of fused-ring (bicyclic) bond motifs is 3. The van der Waals surface area contributed by atoms with Crippen molar-refractivity contribution in [3.8, 4) is 22.3 Å². The van der Waals surface area contributed by atoms with Gasteiger partial charge in [-0.1, -0.05) is 24.3 Å². The third kappa shape index (κ3) is 4.97. The zero-order chi connectivity index (χ0) is 32.9. The zero-order valence-corrected chi connectivity index (χ0v) is 28.1. The maximum Gasteiger partial charge on any atom is 0.344 e. The summed E-state index contributed by atoms with van der Waals surface area (Å²) in [7, 11) is 0. The molecular weight excluding hydrogens is 572 g/mol. The molecule has 6 aromatic rings. The minimum absolute atomic E-state index is 0.371. The Balaban J connectivity index is 1.59. The molecule has 0 atom stereocenters. The van der Waals surface area contributed by atoms with Crippen LogP contribution in [0.5, 0.6) is 0 Å². The second-order valence-electron chi connectivity index (χ2n) is 12.1. The third-order valence-electron chi connectivity index (χ3n) is 9.68. The van der Waals surface area contributed by atoms with Crippen molar-refractivity contribution < 1.29 is 8.83 Å². The van der Waals surface area contributed by atoms with Crippen LogP contribution < -0.4 is 21.1 Å². The summed E-state index contributed by atoms with van der Waals surface area (Å²) >= 11 is 0. The van der Waals surface area contributed by atoms with Crippen molar-refractivity contribution in [2.45, 2.75) is 55.4 Å². The predicted octanol–water partition coefficient (Wildman–Crippen LogP) is 9.31. The van der Waals surface area contributed by atoms with Crippen molar-refractivity contribution in [2.24, 2.45) is 0 Å². The fraction of sp³-hybridized carbons (Fsp3) is 0.300. The van der Waals surface area contributed by atoms with Crippen molar-refractivity contribution >= 4 is 44.1 Å². The van der Waals surface area contributed by atoms with Gasteiger partial charge in [0.25, 0.3) is 0 Å². The number of rotatable bonds is 8. The van der Waals surface area contributed by atoms with Crippen molar-refractivity contribution in [3.63, 3.8) is 0 Å². The monoisotopic (exact) mass is 614 g/mol. The van der Waals surface area contributed by atoms with Crippen LogP contribution in [0.2, 0.25) is 0 Å². The van der Waals surface area contributed by atoms with Gasteiger partial charge in [-0.25, -0.2) is 9.59 Å². The molecule has 0 radical (unpaired) electrons. The summed E-state index contributed by atoms with van der Waals surface area (Å²) in [6.45, 7) is 20.0. The number of anilines is 2. The van der Waals surface area contributed by atoms with E-state index in [0.29, 0.717) is 22.3 Å². The van der Waals surface area contributed by atoms with E-state index >= 15 is 0 Å². The highest BCUT2D eigenvalue weighted by atomic mass is 16.4. The molecule has 0 aliphatic carbocycles. The Morgan fingerprint density at radius 2 is 0.826 bits per heavy atom. The van der Waals surface area contributed by atoms with Gasteiger partial charge in [-0.2, -0.15) is 0 Å². The molecule has 0 N–H and O–H groups in total. The molecule has 4 aromatic carbocycles. The second-order valence-corrected chi connectivity index (χ2v) is 12.1. The Labute approximate surface area is 269 Å². The molecule has 6 nitrogen and oxygen atoms in total. The second kappa shape index (κ2) is 12.2. The minimum atomic E-state index is -0.371. The molecule has 0 aliphatic rings. The highest BCUT2D eigenvalue weighted by Crippen LogP contribution is 2.41. The third-order valence-corrected chi connectivity index (χ3v) is 9.68. The maximum absolute atomic E-state index is 13.8. The molecule has 2 heterocycles. The van der Waals surface area contributed by atoms with Gasteiger partial charge < -0.3 is 18.6 Å². The zero-order valence-electron chi connectivity index (χ0n) is 28.1. The van der Waals surface area contributed by atoms with Crippen LogP contribution in [0.1, 0.15) is 49.9 Å². The van der Waals surface area contributed by atoms with Crippen LogP contribution in [0.3, 0.4) is 0 Å². The molecule has 0 aliphatic heterocycles. The number of hydrogen-bond acceptors (Lipinski definition) is 6. The maximum atomic E-state index is 13.8. The fourth-order valence-electron chi connectivity index (χ4n) is 7.13. The van der Waals surface area contributed by atoms with E-state index in [9.17, 15) is 9.59 Å². The summed E-state index contributed by atoms with van der Waals surface area (Å²) in [6.07, 6.45) is 0. The lowest BCUT2D eigenvalue weighted by atomic mass is 9.86. The molecule has 236 valence electrons. The smallest absolute Gasteiger partial charge is 0.344 e. The van der Waals surface area contributed by atoms with E-state index in [2.05, 4.69) is 73.9 Å². The Kier molecular flexibility index (Phi) is 8.24. The summed E-state index contributed by atoms with van der Waals surface area (Å²) in [4.78, 5) is 32.1. The van der Waals surface area contributed by atoms with Crippen LogP contribution >= 0.6 is 0 Å². The van der Waals surface area contributed by atoms with Gasteiger partial charge in [-0.05, 0) is 113 Å². The first-order chi connectivity index (χ1) is 22.1. The van der Waals surface area contributed by atoms with Gasteiger partial charge in [0.15, 0.2) is 0 Å². The Hall–Kier alpha value is -4.84. The average Bonchev–Trinajstić information content (AvgIpc) is 3.04. The molecular formula is C40H42N2O4. The van der Waals surface area contributed by atoms with E-state index in [0.717, 1.165) is 92.5 Å². The Morgan fingerprint density at radius 3 is 1.17 bits per heavy atom. The lowest BCUT2D eigenvalue weighted by molar-refractivity contribution is 0.562. The van der Waals surface area contributed by atoms with E-state index in [1.54, 1.807) is 0 Å². The molecule has 0 unspecified atom stereocenters. The number of benzene rings is 4. The molecule has 0 bridgehead atoms. The van der Waals surface area contributed by atoms with Crippen LogP contribution in [0.15, 0.2) is 79.1 Å². The number of nitrogens with zero attached hydrogens (tertiary/aromatic N) is 2. The van der Waals surface area contributed by atoms with Gasteiger partial charge in [-0.15, -0.1) is 0 Å². The van der Waals surface area contributed by atoms with Gasteiger partial charge in [0.2, 0.25) is 0 Å². The standard InChI is InChI=1S/C40H42N2O4/c1-9-41(10-2)27-15-19-29-25(7)37(39(43)45-33(29)21-27)35-23(5)13-18-32-31(35)17-14-24(6)36(32)38-26(8)30-20-16-28(42(11-3)12-4)22-34(30)46-40(38)44/h13-22H,9-12H2,1-8H3. The van der Waals surface area contributed by atoms with E-state index in [1.807, 2.05) is 52.0 Å². The average molecular weight is 615 g/mol. The molecule has 0 saturated heterocycles. The predicted molar refractivity (Wildman–Crippen MR) is 193 cm³/mol. The lowest BCUT2D eigenvalue weighted by Gasteiger charge is -2.22. The van der Waals surface area contributed by atoms with Crippen LogP contribution in [0, 0.1) is 27.7 Å². The molecule has 0 fully saturated rings. The van der Waals surface area contributed by atoms with Gasteiger partial charge in [0.1, 0.15) is 11.2 Å². The van der Waals surface area contributed by atoms with E-state index in [1.165, 1.54) is 0 Å². The van der Waals surface area contributed by atoms with Crippen LogP contribution in [0.4, 0.5) is 11.4 Å². The van der Waals surface area contributed by atoms with Crippen molar-refractivity contribution in [1.29, 1.82) is 0 Å². The van der Waals surface area contributed by atoms with Crippen molar-refractivity contribution in [1.82, 2.24) is 0 Å². The summed E-state index contributed by atoms with van der Waals surface area (Å²) in [5.74, 6) is 0. The van der Waals surface area contributed by atoms with Gasteiger partial charge in [-0.3, -0.25) is 0 Å². The fourth-order valence-corrected chi connectivity index (χ4v) is 7.13. The van der Waals surface area contributed by atoms with Crippen LogP contribution in [-0.4, -0.2) is 26.2 Å². The molecule has 0 saturated carbocycles. The topological polar surface area (TPSA) is 66.9 Å². The molecule has 6 heteroatoms. The van der Waals surface area contributed by atoms with Crippen molar-refractivity contribution in [3.05, 3.63) is 104 Å². The molecule has 0 amide bonds. The van der Waals surface area contributed by atoms with Gasteiger partial charge >= 0.3 is 11.3 Å². The Morgan fingerprint density at radius 1 is 0.478 bits per heavy atom. The molecule has 2 aromatic heterocycles. The minimum Gasteiger partial charge on any atom is -0.422 e. The van der Waals surface area contributed by atoms with Gasteiger partial charge in [0.05, 0.1) is 11.1 Å². The number of hydrogen-bond donors (Lipinski definition) is 0. The quantitative estimate of drug-likeness (QED) is 0.159. The van der Waals surface area contributed by atoms with Crippen LogP contribution in [-0.2, 0) is 0 Å². The molecule has 0 spiro atoms. The van der Waals surface area contributed by atoms with E-state index in [4.69, 9.17) is 8.83 Å². The first kappa shape index (κ1) is 31.2. The summed E-state index contributed by atoms with van der Waals surface area (Å²) < 4.78 is 12.1. The van der Waals surface area contributed by atoms with Gasteiger partial charge in [0, 0.05) is 71.6 Å². The summed E-state index contributed by atoms with van der Waals surface area (Å²) in [5.41, 5.74) is 8.90. The first-order valence-electron chi connectivity index (χ1n) is 16.3. The van der Waals surface area contributed by atoms with Crippen LogP contribution in [0.25, 0.3) is 55.0 Å².